The highest BCUT2D eigenvalue weighted by molar-refractivity contribution is 9.10. The fourth-order valence-corrected chi connectivity index (χ4v) is 5.09. The molecule has 4 rings (SSSR count). The van der Waals surface area contributed by atoms with Gasteiger partial charge in [0.25, 0.3) is 5.91 Å². The van der Waals surface area contributed by atoms with E-state index in [1.807, 2.05) is 66.7 Å². The molecule has 0 radical (unpaired) electrons. The lowest BCUT2D eigenvalue weighted by molar-refractivity contribution is -0.142. The number of hydrogen-bond acceptors (Lipinski definition) is 3. The van der Waals surface area contributed by atoms with E-state index in [2.05, 4.69) is 21.2 Å². The number of carbonyl (C=O) groups is 2. The third-order valence-electron chi connectivity index (χ3n) is 6.49. The number of ether oxygens (including phenoxy) is 1. The van der Waals surface area contributed by atoms with E-state index in [0.29, 0.717) is 12.3 Å². The maximum atomic E-state index is 13.3. The van der Waals surface area contributed by atoms with Crippen LogP contribution in [-0.4, -0.2) is 35.4 Å². The lowest BCUT2D eigenvalue weighted by Crippen LogP contribution is -2.51. The summed E-state index contributed by atoms with van der Waals surface area (Å²) in [7, 11) is 0. The summed E-state index contributed by atoms with van der Waals surface area (Å²) >= 11 is 3.62. The average Bonchev–Trinajstić information content (AvgIpc) is 2.87. The van der Waals surface area contributed by atoms with Gasteiger partial charge in [-0.3, -0.25) is 9.59 Å². The van der Waals surface area contributed by atoms with Crippen molar-refractivity contribution in [3.63, 3.8) is 0 Å². The van der Waals surface area contributed by atoms with E-state index >= 15 is 0 Å². The molecule has 0 unspecified atom stereocenters. The summed E-state index contributed by atoms with van der Waals surface area (Å²) in [4.78, 5) is 28.0. The normalized spacial score (nSPS) is 15.0. The molecule has 34 heavy (non-hydrogen) atoms. The van der Waals surface area contributed by atoms with Crippen LogP contribution in [0.3, 0.4) is 0 Å². The van der Waals surface area contributed by atoms with Gasteiger partial charge in [-0.15, -0.1) is 0 Å². The van der Waals surface area contributed by atoms with Crippen LogP contribution in [0, 0.1) is 0 Å². The van der Waals surface area contributed by atoms with Crippen LogP contribution in [0.15, 0.2) is 71.2 Å². The summed E-state index contributed by atoms with van der Waals surface area (Å²) in [5.41, 5.74) is 0.972. The second-order valence-corrected chi connectivity index (χ2v) is 9.71. The maximum Gasteiger partial charge on any atom is 0.261 e. The Hall–Kier alpha value is -2.86. The summed E-state index contributed by atoms with van der Waals surface area (Å²) < 4.78 is 6.75. The molecule has 2 amide bonds. The fourth-order valence-electron chi connectivity index (χ4n) is 4.48. The minimum Gasteiger partial charge on any atom is -0.483 e. The number of nitrogens with zero attached hydrogens (tertiary/aromatic N) is 1. The molecule has 0 aliphatic heterocycles. The minimum atomic E-state index is -0.599. The van der Waals surface area contributed by atoms with Gasteiger partial charge in [0.1, 0.15) is 11.8 Å². The number of fused-ring (bicyclic) bond motifs is 1. The minimum absolute atomic E-state index is 0.108. The standard InChI is InChI=1S/C28H31BrN2O3/c1-20(28(33)30-23-13-6-3-7-14-23)31(18-21-10-4-2-5-11-21)26(32)19-34-25-17-16-22-12-8-9-15-24(22)27(25)29/h2,4-5,8-12,15-17,20,23H,3,6-7,13-14,18-19H2,1H3,(H,30,33)/t20-/m1/s1. The van der Waals surface area contributed by atoms with Gasteiger partial charge in [0.15, 0.2) is 6.61 Å². The van der Waals surface area contributed by atoms with Crippen LogP contribution in [-0.2, 0) is 16.1 Å². The molecule has 3 aromatic carbocycles. The Morgan fingerprint density at radius 1 is 1.00 bits per heavy atom. The quantitative estimate of drug-likeness (QED) is 0.403. The topological polar surface area (TPSA) is 58.6 Å². The van der Waals surface area contributed by atoms with E-state index in [1.54, 1.807) is 11.8 Å². The Labute approximate surface area is 209 Å². The van der Waals surface area contributed by atoms with Gasteiger partial charge in [-0.05, 0) is 58.1 Å². The molecule has 1 atom stereocenters. The van der Waals surface area contributed by atoms with Gasteiger partial charge in [-0.25, -0.2) is 0 Å². The number of hydrogen-bond donors (Lipinski definition) is 1. The van der Waals surface area contributed by atoms with E-state index in [1.165, 1.54) is 6.42 Å². The number of rotatable bonds is 8. The van der Waals surface area contributed by atoms with Crippen molar-refractivity contribution in [3.05, 3.63) is 76.8 Å². The molecule has 5 nitrogen and oxygen atoms in total. The molecule has 0 bridgehead atoms. The third kappa shape index (κ3) is 5.98. The van der Waals surface area contributed by atoms with Crippen LogP contribution >= 0.6 is 15.9 Å². The predicted molar refractivity (Wildman–Crippen MR) is 139 cm³/mol. The van der Waals surface area contributed by atoms with Gasteiger partial charge >= 0.3 is 0 Å². The highest BCUT2D eigenvalue weighted by Gasteiger charge is 2.28. The van der Waals surface area contributed by atoms with Crippen LogP contribution in [0.5, 0.6) is 5.75 Å². The van der Waals surface area contributed by atoms with E-state index in [4.69, 9.17) is 4.74 Å². The molecule has 0 spiro atoms. The van der Waals surface area contributed by atoms with Crippen LogP contribution in [0.2, 0.25) is 0 Å². The van der Waals surface area contributed by atoms with E-state index < -0.39 is 6.04 Å². The number of carbonyl (C=O) groups excluding carboxylic acids is 2. The number of halogens is 1. The van der Waals surface area contributed by atoms with E-state index in [0.717, 1.165) is 46.5 Å². The molecular formula is C28H31BrN2O3. The molecule has 1 saturated carbocycles. The summed E-state index contributed by atoms with van der Waals surface area (Å²) in [6.45, 7) is 2.00. The van der Waals surface area contributed by atoms with Gasteiger partial charge in [0, 0.05) is 12.6 Å². The van der Waals surface area contributed by atoms with Crippen LogP contribution in [0.4, 0.5) is 0 Å². The van der Waals surface area contributed by atoms with Crippen molar-refractivity contribution in [3.8, 4) is 5.75 Å². The van der Waals surface area contributed by atoms with E-state index in [-0.39, 0.29) is 24.5 Å². The second-order valence-electron chi connectivity index (χ2n) is 8.91. The number of nitrogens with one attached hydrogen (secondary N) is 1. The summed E-state index contributed by atoms with van der Waals surface area (Å²) in [6, 6.07) is 21.2. The monoisotopic (exact) mass is 522 g/mol. The molecular weight excluding hydrogens is 492 g/mol. The van der Waals surface area contributed by atoms with Crippen molar-refractivity contribution in [2.45, 2.75) is 57.7 Å². The summed E-state index contributed by atoms with van der Waals surface area (Å²) in [5, 5.41) is 5.27. The first kappa shape index (κ1) is 24.3. The highest BCUT2D eigenvalue weighted by atomic mass is 79.9. The first-order valence-corrected chi connectivity index (χ1v) is 12.8. The molecule has 1 aliphatic carbocycles. The van der Waals surface area contributed by atoms with Gasteiger partial charge < -0.3 is 15.0 Å². The van der Waals surface area contributed by atoms with Crippen molar-refractivity contribution >= 4 is 38.5 Å². The number of amides is 2. The van der Waals surface area contributed by atoms with Crippen molar-refractivity contribution < 1.29 is 14.3 Å². The van der Waals surface area contributed by atoms with Gasteiger partial charge in [0.2, 0.25) is 5.91 Å². The molecule has 178 valence electrons. The maximum absolute atomic E-state index is 13.3. The second kappa shape index (κ2) is 11.5. The van der Waals surface area contributed by atoms with Crippen molar-refractivity contribution in [2.75, 3.05) is 6.61 Å². The van der Waals surface area contributed by atoms with Gasteiger partial charge in [0.05, 0.1) is 4.47 Å². The van der Waals surface area contributed by atoms with Crippen molar-refractivity contribution in [1.82, 2.24) is 10.2 Å². The molecule has 1 aliphatic rings. The zero-order chi connectivity index (χ0) is 23.9. The fraction of sp³-hybridized carbons (Fsp3) is 0.357. The Kier molecular flexibility index (Phi) is 8.22. The van der Waals surface area contributed by atoms with Crippen molar-refractivity contribution in [1.29, 1.82) is 0 Å². The zero-order valence-corrected chi connectivity index (χ0v) is 21.1. The highest BCUT2D eigenvalue weighted by Crippen LogP contribution is 2.33. The van der Waals surface area contributed by atoms with Gasteiger partial charge in [-0.2, -0.15) is 0 Å². The van der Waals surface area contributed by atoms with Crippen LogP contribution < -0.4 is 10.1 Å². The third-order valence-corrected chi connectivity index (χ3v) is 7.31. The first-order chi connectivity index (χ1) is 16.5. The molecule has 0 saturated heterocycles. The predicted octanol–water partition coefficient (Wildman–Crippen LogP) is 5.85. The molecule has 1 fully saturated rings. The Balaban J connectivity index is 1.48. The summed E-state index contributed by atoms with van der Waals surface area (Å²) in [5.74, 6) is 0.268. The largest absolute Gasteiger partial charge is 0.483 e. The van der Waals surface area contributed by atoms with E-state index in [9.17, 15) is 9.59 Å². The van der Waals surface area contributed by atoms with Crippen LogP contribution in [0.1, 0.15) is 44.6 Å². The Bertz CT molecular complexity index is 1130. The lowest BCUT2D eigenvalue weighted by Gasteiger charge is -2.31. The first-order valence-electron chi connectivity index (χ1n) is 12.0. The molecule has 0 aromatic heterocycles. The van der Waals surface area contributed by atoms with Crippen LogP contribution in [0.25, 0.3) is 10.8 Å². The Morgan fingerprint density at radius 2 is 1.71 bits per heavy atom. The average molecular weight is 523 g/mol. The molecule has 1 N–H and O–H groups in total. The number of benzene rings is 3. The molecule has 6 heteroatoms. The molecule has 0 heterocycles. The summed E-state index contributed by atoms with van der Waals surface area (Å²) in [6.07, 6.45) is 5.51. The van der Waals surface area contributed by atoms with Crippen molar-refractivity contribution in [2.24, 2.45) is 0 Å². The zero-order valence-electron chi connectivity index (χ0n) is 19.5. The lowest BCUT2D eigenvalue weighted by atomic mass is 9.95. The molecule has 3 aromatic rings. The smallest absolute Gasteiger partial charge is 0.261 e. The van der Waals surface area contributed by atoms with Gasteiger partial charge in [-0.1, -0.05) is 79.9 Å². The SMILES string of the molecule is C[C@H](C(=O)NC1CCCCC1)N(Cc1ccccc1)C(=O)COc1ccc2ccccc2c1Br. The Morgan fingerprint density at radius 3 is 2.47 bits per heavy atom.